The number of pyridine rings is 1. The van der Waals surface area contributed by atoms with E-state index in [4.69, 9.17) is 9.84 Å². The van der Waals surface area contributed by atoms with Crippen molar-refractivity contribution >= 4 is 16.0 Å². The summed E-state index contributed by atoms with van der Waals surface area (Å²) in [5.41, 5.74) is 4.00. The summed E-state index contributed by atoms with van der Waals surface area (Å²) < 4.78 is 48.4. The van der Waals surface area contributed by atoms with Crippen LogP contribution in [0.2, 0.25) is 0 Å². The third kappa shape index (κ3) is 5.52. The van der Waals surface area contributed by atoms with Crippen molar-refractivity contribution < 1.29 is 27.4 Å². The Morgan fingerprint density at radius 3 is 2.69 bits per heavy atom. The summed E-state index contributed by atoms with van der Waals surface area (Å²) in [6, 6.07) is 13.3. The van der Waals surface area contributed by atoms with Crippen molar-refractivity contribution in [3.63, 3.8) is 0 Å². The molecule has 2 N–H and O–H groups in total. The Kier molecular flexibility index (Phi) is 7.18. The van der Waals surface area contributed by atoms with E-state index in [1.807, 2.05) is 12.1 Å². The Hall–Kier alpha value is -3.30. The number of carboxylic acid groups (broad SMARTS) is 1. The molecule has 1 atom stereocenters. The highest BCUT2D eigenvalue weighted by Gasteiger charge is 2.29. The monoisotopic (exact) mass is 498 g/mol. The van der Waals surface area contributed by atoms with Gasteiger partial charge in [0.2, 0.25) is 0 Å². The number of aliphatic carboxylic acids is 1. The highest BCUT2D eigenvalue weighted by molar-refractivity contribution is 7.89. The van der Waals surface area contributed by atoms with Gasteiger partial charge in [0.15, 0.2) is 23.2 Å². The Balaban J connectivity index is 1.57. The van der Waals surface area contributed by atoms with E-state index in [2.05, 4.69) is 35.7 Å². The number of ether oxygens (including phenoxy) is 1. The van der Waals surface area contributed by atoms with Crippen LogP contribution in [-0.4, -0.2) is 31.1 Å². The predicted octanol–water partition coefficient (Wildman–Crippen LogP) is 4.83. The molecular formula is C26H27FN2O5S. The van der Waals surface area contributed by atoms with Gasteiger partial charge in [0.1, 0.15) is 0 Å². The maximum atomic E-state index is 14.3. The highest BCUT2D eigenvalue weighted by atomic mass is 32.2. The zero-order valence-corrected chi connectivity index (χ0v) is 20.3. The molecule has 1 aromatic heterocycles. The van der Waals surface area contributed by atoms with Crippen LogP contribution >= 0.6 is 0 Å². The number of benzene rings is 2. The number of fused-ring (bicyclic) bond motifs is 1. The summed E-state index contributed by atoms with van der Waals surface area (Å²) in [6.07, 6.45) is 3.10. The van der Waals surface area contributed by atoms with Crippen LogP contribution in [0.4, 0.5) is 4.39 Å². The van der Waals surface area contributed by atoms with Crippen molar-refractivity contribution in [2.24, 2.45) is 0 Å². The number of sulfonamides is 1. The number of carboxylic acids is 1. The van der Waals surface area contributed by atoms with E-state index in [-0.39, 0.29) is 10.8 Å². The number of halogens is 1. The Labute approximate surface area is 204 Å². The van der Waals surface area contributed by atoms with Crippen molar-refractivity contribution in [2.75, 3.05) is 6.61 Å². The summed E-state index contributed by atoms with van der Waals surface area (Å²) in [7, 11) is -3.96. The molecule has 0 aliphatic heterocycles. The van der Waals surface area contributed by atoms with Crippen LogP contribution in [-0.2, 0) is 21.2 Å². The van der Waals surface area contributed by atoms with Gasteiger partial charge in [-0.2, -0.15) is 0 Å². The molecule has 0 fully saturated rings. The average Bonchev–Trinajstić information content (AvgIpc) is 2.83. The maximum Gasteiger partial charge on any atom is 0.341 e. The fraction of sp³-hybridized carbons (Fsp3) is 0.308. The second kappa shape index (κ2) is 10.1. The minimum atomic E-state index is -3.96. The first-order valence-corrected chi connectivity index (χ1v) is 12.9. The molecular weight excluding hydrogens is 471 g/mol. The lowest BCUT2D eigenvalue weighted by molar-refractivity contribution is -0.139. The summed E-state index contributed by atoms with van der Waals surface area (Å²) in [5.74, 6) is -1.67. The second-order valence-corrected chi connectivity index (χ2v) is 10.5. The van der Waals surface area contributed by atoms with E-state index in [0.29, 0.717) is 36.3 Å². The van der Waals surface area contributed by atoms with Gasteiger partial charge in [-0.3, -0.25) is 0 Å². The van der Waals surface area contributed by atoms with Crippen molar-refractivity contribution in [2.45, 2.75) is 50.1 Å². The molecule has 0 saturated heterocycles. The molecule has 2 aromatic carbocycles. The third-order valence-corrected chi connectivity index (χ3v) is 7.47. The van der Waals surface area contributed by atoms with Gasteiger partial charge in [0.25, 0.3) is 10.0 Å². The van der Waals surface area contributed by atoms with Gasteiger partial charge in [-0.25, -0.2) is 27.3 Å². The zero-order chi connectivity index (χ0) is 25.2. The van der Waals surface area contributed by atoms with E-state index >= 15 is 0 Å². The van der Waals surface area contributed by atoms with E-state index < -0.39 is 34.5 Å². The van der Waals surface area contributed by atoms with E-state index in [0.717, 1.165) is 11.1 Å². The van der Waals surface area contributed by atoms with Gasteiger partial charge in [-0.1, -0.05) is 44.2 Å². The van der Waals surface area contributed by atoms with Gasteiger partial charge in [-0.15, -0.1) is 0 Å². The van der Waals surface area contributed by atoms with Crippen molar-refractivity contribution in [1.82, 2.24) is 9.71 Å². The lowest BCUT2D eigenvalue weighted by Crippen LogP contribution is -2.32. The zero-order valence-electron chi connectivity index (χ0n) is 19.5. The molecule has 1 heterocycles. The van der Waals surface area contributed by atoms with Gasteiger partial charge >= 0.3 is 5.97 Å². The van der Waals surface area contributed by atoms with Gasteiger partial charge < -0.3 is 9.84 Å². The Morgan fingerprint density at radius 2 is 2.00 bits per heavy atom. The molecule has 0 radical (unpaired) electrons. The molecule has 9 heteroatoms. The van der Waals surface area contributed by atoms with E-state index in [1.165, 1.54) is 30.0 Å². The fourth-order valence-electron chi connectivity index (χ4n) is 4.28. The van der Waals surface area contributed by atoms with Crippen LogP contribution in [0.3, 0.4) is 0 Å². The standard InChI is InChI=1S/C26H27FN2O5S/c1-16(2)17-5-3-6-18(13-17)19-9-12-24(28-14-19)35(32,33)29-23-8-4-7-21-20(23)10-11-22(27)26(21)34-15-25(30)31/h3,5-6,9-14,16,23,29H,4,7-8,15H2,1-2H3,(H,30,31). The summed E-state index contributed by atoms with van der Waals surface area (Å²) in [4.78, 5) is 15.1. The number of aromatic nitrogens is 1. The molecule has 0 bridgehead atoms. The van der Waals surface area contributed by atoms with E-state index in [9.17, 15) is 17.6 Å². The first kappa shape index (κ1) is 24.8. The lowest BCUT2D eigenvalue weighted by Gasteiger charge is -2.27. The van der Waals surface area contributed by atoms with Gasteiger partial charge in [0.05, 0.1) is 0 Å². The fourth-order valence-corrected chi connectivity index (χ4v) is 5.46. The summed E-state index contributed by atoms with van der Waals surface area (Å²) >= 11 is 0. The van der Waals surface area contributed by atoms with Crippen LogP contribution in [0.1, 0.15) is 55.3 Å². The Morgan fingerprint density at radius 1 is 1.20 bits per heavy atom. The largest absolute Gasteiger partial charge is 0.479 e. The summed E-state index contributed by atoms with van der Waals surface area (Å²) in [6.45, 7) is 3.54. The lowest BCUT2D eigenvalue weighted by atomic mass is 9.87. The van der Waals surface area contributed by atoms with Crippen LogP contribution in [0.25, 0.3) is 11.1 Å². The van der Waals surface area contributed by atoms with Crippen molar-refractivity contribution in [1.29, 1.82) is 0 Å². The summed E-state index contributed by atoms with van der Waals surface area (Å²) in [5, 5.41) is 8.77. The first-order chi connectivity index (χ1) is 16.7. The van der Waals surface area contributed by atoms with Crippen LogP contribution < -0.4 is 9.46 Å². The quantitative estimate of drug-likeness (QED) is 0.461. The molecule has 1 aliphatic rings. The molecule has 0 saturated carbocycles. The molecule has 35 heavy (non-hydrogen) atoms. The van der Waals surface area contributed by atoms with Crippen LogP contribution in [0.15, 0.2) is 59.8 Å². The molecule has 1 aliphatic carbocycles. The maximum absolute atomic E-state index is 14.3. The van der Waals surface area contributed by atoms with E-state index in [1.54, 1.807) is 6.07 Å². The number of nitrogens with one attached hydrogen (secondary N) is 1. The number of carbonyl (C=O) groups is 1. The minimum absolute atomic E-state index is 0.113. The number of rotatable bonds is 8. The Bertz CT molecular complexity index is 1340. The van der Waals surface area contributed by atoms with Gasteiger partial charge in [-0.05, 0) is 60.1 Å². The molecule has 3 aromatic rings. The topological polar surface area (TPSA) is 106 Å². The molecule has 1 unspecified atom stereocenters. The smallest absolute Gasteiger partial charge is 0.341 e. The van der Waals surface area contributed by atoms with Crippen LogP contribution in [0.5, 0.6) is 5.75 Å². The third-order valence-electron chi connectivity index (χ3n) is 6.08. The predicted molar refractivity (Wildman–Crippen MR) is 129 cm³/mol. The molecule has 4 rings (SSSR count). The molecule has 0 amide bonds. The van der Waals surface area contributed by atoms with Crippen molar-refractivity contribution in [3.8, 4) is 16.9 Å². The number of nitrogens with zero attached hydrogens (tertiary/aromatic N) is 1. The van der Waals surface area contributed by atoms with Crippen molar-refractivity contribution in [3.05, 3.63) is 77.2 Å². The first-order valence-electron chi connectivity index (χ1n) is 11.4. The molecule has 0 spiro atoms. The number of hydrogen-bond donors (Lipinski definition) is 2. The SMILES string of the molecule is CC(C)c1cccc(-c2ccc(S(=O)(=O)NC3CCCc4c3ccc(F)c4OCC(=O)O)nc2)c1. The minimum Gasteiger partial charge on any atom is -0.479 e. The number of hydrogen-bond acceptors (Lipinski definition) is 5. The average molecular weight is 499 g/mol. The molecule has 184 valence electrons. The normalized spacial score (nSPS) is 15.6. The highest BCUT2D eigenvalue weighted by Crippen LogP contribution is 2.38. The second-order valence-electron chi connectivity index (χ2n) is 8.86. The van der Waals surface area contributed by atoms with Crippen LogP contribution in [0, 0.1) is 5.82 Å². The molecule has 7 nitrogen and oxygen atoms in total. The van der Waals surface area contributed by atoms with Gasteiger partial charge in [0, 0.05) is 23.4 Å².